The van der Waals surface area contributed by atoms with E-state index in [-0.39, 0.29) is 0 Å². The lowest BCUT2D eigenvalue weighted by Crippen LogP contribution is -2.15. The molecule has 2 aromatic rings. The maximum Gasteiger partial charge on any atom is 0.153 e. The predicted molar refractivity (Wildman–Crippen MR) is 82.5 cm³/mol. The minimum absolute atomic E-state index is 0.380. The Morgan fingerprint density at radius 2 is 2.15 bits per heavy atom. The van der Waals surface area contributed by atoms with E-state index in [2.05, 4.69) is 48.3 Å². The van der Waals surface area contributed by atoms with Gasteiger partial charge in [0.15, 0.2) is 5.82 Å². The Balaban J connectivity index is 2.30. The fourth-order valence-corrected chi connectivity index (χ4v) is 2.08. The molecule has 108 valence electrons. The van der Waals surface area contributed by atoms with Gasteiger partial charge in [0.05, 0.1) is 17.4 Å². The van der Waals surface area contributed by atoms with Gasteiger partial charge in [-0.05, 0) is 36.6 Å². The number of pyridine rings is 1. The molecule has 2 aromatic heterocycles. The lowest BCUT2D eigenvalue weighted by Gasteiger charge is -2.11. The average molecular weight is 293 g/mol. The molecule has 0 spiro atoms. The van der Waals surface area contributed by atoms with E-state index in [1.807, 2.05) is 0 Å². The Kier molecular flexibility index (Phi) is 5.15. The molecule has 0 fully saturated rings. The van der Waals surface area contributed by atoms with Crippen molar-refractivity contribution in [2.75, 3.05) is 6.54 Å². The zero-order chi connectivity index (χ0) is 14.5. The maximum absolute atomic E-state index is 5.93. The first-order valence-electron chi connectivity index (χ1n) is 7.02. The number of hydrogen-bond donors (Lipinski definition) is 1. The van der Waals surface area contributed by atoms with Crippen LogP contribution in [0.1, 0.15) is 44.4 Å². The number of nitrogens with zero attached hydrogens (tertiary/aromatic N) is 3. The van der Waals surface area contributed by atoms with Crippen molar-refractivity contribution in [1.82, 2.24) is 20.1 Å². The van der Waals surface area contributed by atoms with Crippen LogP contribution in [0.4, 0.5) is 0 Å². The number of rotatable bonds is 6. The number of hydrogen-bond acceptors (Lipinski definition) is 3. The number of aromatic nitrogens is 3. The molecule has 0 aliphatic rings. The van der Waals surface area contributed by atoms with Crippen LogP contribution in [0.25, 0.3) is 5.82 Å². The van der Waals surface area contributed by atoms with Crippen molar-refractivity contribution in [2.45, 2.75) is 39.7 Å². The second kappa shape index (κ2) is 6.86. The quantitative estimate of drug-likeness (QED) is 0.828. The fourth-order valence-electron chi connectivity index (χ4n) is 1.95. The lowest BCUT2D eigenvalue weighted by atomic mass is 10.1. The van der Waals surface area contributed by atoms with Crippen molar-refractivity contribution >= 4 is 11.6 Å². The topological polar surface area (TPSA) is 42.7 Å². The Hall–Kier alpha value is -1.39. The second-order valence-electron chi connectivity index (χ2n) is 5.19. The van der Waals surface area contributed by atoms with Crippen molar-refractivity contribution in [1.29, 1.82) is 0 Å². The molecule has 2 rings (SSSR count). The SMILES string of the molecule is CCCNCc1cc(C(C)C)nc(-n2cc(Cl)cn2)c1. The van der Waals surface area contributed by atoms with E-state index < -0.39 is 0 Å². The van der Waals surface area contributed by atoms with E-state index in [0.29, 0.717) is 10.9 Å². The van der Waals surface area contributed by atoms with Crippen LogP contribution in [0.5, 0.6) is 0 Å². The van der Waals surface area contributed by atoms with Gasteiger partial charge in [0.1, 0.15) is 0 Å². The Morgan fingerprint density at radius 3 is 2.75 bits per heavy atom. The van der Waals surface area contributed by atoms with E-state index in [1.165, 1.54) is 5.56 Å². The van der Waals surface area contributed by atoms with Crippen LogP contribution in [0.3, 0.4) is 0 Å². The van der Waals surface area contributed by atoms with Crippen LogP contribution < -0.4 is 5.32 Å². The zero-order valence-electron chi connectivity index (χ0n) is 12.2. The second-order valence-corrected chi connectivity index (χ2v) is 5.63. The van der Waals surface area contributed by atoms with Crippen LogP contribution >= 0.6 is 11.6 Å². The zero-order valence-corrected chi connectivity index (χ0v) is 13.0. The van der Waals surface area contributed by atoms with Crippen molar-refractivity contribution in [3.05, 3.63) is 40.8 Å². The molecule has 0 aliphatic carbocycles. The molecule has 2 heterocycles. The third kappa shape index (κ3) is 3.81. The van der Waals surface area contributed by atoms with Crippen molar-refractivity contribution < 1.29 is 0 Å². The Morgan fingerprint density at radius 1 is 1.35 bits per heavy atom. The molecule has 0 saturated heterocycles. The standard InChI is InChI=1S/C15H21ClN4/c1-4-5-17-8-12-6-14(11(2)3)19-15(7-12)20-10-13(16)9-18-20/h6-7,9-11,17H,4-5,8H2,1-3H3. The molecule has 0 amide bonds. The van der Waals surface area contributed by atoms with E-state index in [4.69, 9.17) is 11.6 Å². The lowest BCUT2D eigenvalue weighted by molar-refractivity contribution is 0.670. The van der Waals surface area contributed by atoms with Crippen LogP contribution in [-0.2, 0) is 6.54 Å². The van der Waals surface area contributed by atoms with Gasteiger partial charge >= 0.3 is 0 Å². The van der Waals surface area contributed by atoms with Crippen molar-refractivity contribution in [3.63, 3.8) is 0 Å². The summed E-state index contributed by atoms with van der Waals surface area (Å²) in [7, 11) is 0. The van der Waals surface area contributed by atoms with Gasteiger partial charge in [-0.2, -0.15) is 5.10 Å². The highest BCUT2D eigenvalue weighted by atomic mass is 35.5. The summed E-state index contributed by atoms with van der Waals surface area (Å²) >= 11 is 5.93. The molecular weight excluding hydrogens is 272 g/mol. The Bertz CT molecular complexity index is 563. The summed E-state index contributed by atoms with van der Waals surface area (Å²) in [6.45, 7) is 8.31. The van der Waals surface area contributed by atoms with E-state index in [1.54, 1.807) is 17.1 Å². The summed E-state index contributed by atoms with van der Waals surface area (Å²) in [4.78, 5) is 4.66. The van der Waals surface area contributed by atoms with E-state index >= 15 is 0 Å². The third-order valence-electron chi connectivity index (χ3n) is 3.02. The monoisotopic (exact) mass is 292 g/mol. The molecule has 0 radical (unpaired) electrons. The van der Waals surface area contributed by atoms with Gasteiger partial charge in [0.2, 0.25) is 0 Å². The largest absolute Gasteiger partial charge is 0.313 e. The van der Waals surface area contributed by atoms with Gasteiger partial charge in [-0.25, -0.2) is 9.67 Å². The van der Waals surface area contributed by atoms with Gasteiger partial charge in [0, 0.05) is 12.2 Å². The van der Waals surface area contributed by atoms with Gasteiger partial charge in [-0.3, -0.25) is 0 Å². The molecule has 20 heavy (non-hydrogen) atoms. The van der Waals surface area contributed by atoms with Crippen molar-refractivity contribution in [2.24, 2.45) is 0 Å². The molecule has 0 bridgehead atoms. The first-order chi connectivity index (χ1) is 9.60. The van der Waals surface area contributed by atoms with E-state index in [0.717, 1.165) is 31.0 Å². The molecule has 0 atom stereocenters. The van der Waals surface area contributed by atoms with Crippen molar-refractivity contribution in [3.8, 4) is 5.82 Å². The highest BCUT2D eigenvalue weighted by Gasteiger charge is 2.08. The first-order valence-corrected chi connectivity index (χ1v) is 7.40. The number of halogens is 1. The predicted octanol–water partition coefficient (Wildman–Crippen LogP) is 3.54. The summed E-state index contributed by atoms with van der Waals surface area (Å²) in [5.74, 6) is 1.20. The van der Waals surface area contributed by atoms with Gasteiger partial charge < -0.3 is 5.32 Å². The third-order valence-corrected chi connectivity index (χ3v) is 3.22. The molecule has 5 heteroatoms. The highest BCUT2D eigenvalue weighted by Crippen LogP contribution is 2.18. The van der Waals surface area contributed by atoms with E-state index in [9.17, 15) is 0 Å². The fraction of sp³-hybridized carbons (Fsp3) is 0.467. The van der Waals surface area contributed by atoms with Gasteiger partial charge in [0.25, 0.3) is 0 Å². The minimum Gasteiger partial charge on any atom is -0.313 e. The Labute approximate surface area is 125 Å². The molecular formula is C15H21ClN4. The van der Waals surface area contributed by atoms with Gasteiger partial charge in [-0.15, -0.1) is 0 Å². The molecule has 4 nitrogen and oxygen atoms in total. The normalized spacial score (nSPS) is 11.2. The van der Waals surface area contributed by atoms with Crippen LogP contribution in [0, 0.1) is 0 Å². The van der Waals surface area contributed by atoms with Crippen LogP contribution in [-0.4, -0.2) is 21.3 Å². The summed E-state index contributed by atoms with van der Waals surface area (Å²) in [5.41, 5.74) is 2.29. The maximum atomic E-state index is 5.93. The van der Waals surface area contributed by atoms with Crippen LogP contribution in [0.15, 0.2) is 24.5 Å². The molecule has 1 N–H and O–H groups in total. The summed E-state index contributed by atoms with van der Waals surface area (Å²) in [6, 6.07) is 4.21. The summed E-state index contributed by atoms with van der Waals surface area (Å²) in [6.07, 6.45) is 4.53. The number of nitrogens with one attached hydrogen (secondary N) is 1. The molecule has 0 unspecified atom stereocenters. The summed E-state index contributed by atoms with van der Waals surface area (Å²) in [5, 5.41) is 8.26. The average Bonchev–Trinajstić information content (AvgIpc) is 2.85. The smallest absolute Gasteiger partial charge is 0.153 e. The first kappa shape index (κ1) is 15.0. The molecule has 0 saturated carbocycles. The highest BCUT2D eigenvalue weighted by molar-refractivity contribution is 6.30. The minimum atomic E-state index is 0.380. The summed E-state index contributed by atoms with van der Waals surface area (Å²) < 4.78 is 1.72. The molecule has 0 aromatic carbocycles. The van der Waals surface area contributed by atoms with Crippen LogP contribution in [0.2, 0.25) is 5.02 Å². The van der Waals surface area contributed by atoms with Gasteiger partial charge in [-0.1, -0.05) is 32.4 Å². The molecule has 0 aliphatic heterocycles.